The maximum Gasteiger partial charge on any atom is 0.315 e. The Morgan fingerprint density at radius 2 is 1.83 bits per heavy atom. The third-order valence-corrected chi connectivity index (χ3v) is 3.94. The molecule has 1 aliphatic heterocycles. The van der Waals surface area contributed by atoms with Crippen LogP contribution in [0.1, 0.15) is 19.4 Å². The van der Waals surface area contributed by atoms with E-state index >= 15 is 0 Å². The molecule has 0 bridgehead atoms. The minimum atomic E-state index is -0.496. The molecular weight excluding hydrogens is 292 g/mol. The molecule has 1 fully saturated rings. The van der Waals surface area contributed by atoms with Gasteiger partial charge in [0.2, 0.25) is 5.91 Å². The van der Waals surface area contributed by atoms with Crippen molar-refractivity contribution in [3.05, 3.63) is 35.9 Å². The van der Waals surface area contributed by atoms with Crippen molar-refractivity contribution in [3.63, 3.8) is 0 Å². The Labute approximate surface area is 137 Å². The SMILES string of the molecule is CC(C)C(NC(=O)NCc1ccccc1)C(=O)N1CCNCC1. The average molecular weight is 318 g/mol. The third kappa shape index (κ3) is 5.25. The maximum absolute atomic E-state index is 12.6. The molecule has 0 spiro atoms. The molecule has 3 amide bonds. The molecule has 6 nitrogen and oxygen atoms in total. The minimum absolute atomic E-state index is 0.00337. The first-order valence-corrected chi connectivity index (χ1v) is 8.15. The Balaban J connectivity index is 1.87. The molecular formula is C17H26N4O2. The molecule has 0 aromatic heterocycles. The predicted octanol–water partition coefficient (Wildman–Crippen LogP) is 0.942. The standard InChI is InChI=1S/C17H26N4O2/c1-13(2)15(16(22)21-10-8-18-9-11-21)20-17(23)19-12-14-6-4-3-5-7-14/h3-7,13,15,18H,8-12H2,1-2H3,(H2,19,20,23). The molecule has 0 saturated carbocycles. The fourth-order valence-corrected chi connectivity index (χ4v) is 2.57. The summed E-state index contributed by atoms with van der Waals surface area (Å²) in [6.07, 6.45) is 0. The van der Waals surface area contributed by atoms with E-state index < -0.39 is 6.04 Å². The van der Waals surface area contributed by atoms with Crippen LogP contribution in [0.25, 0.3) is 0 Å². The lowest BCUT2D eigenvalue weighted by Gasteiger charge is -2.32. The first-order chi connectivity index (χ1) is 11.1. The minimum Gasteiger partial charge on any atom is -0.338 e. The maximum atomic E-state index is 12.6. The van der Waals surface area contributed by atoms with Crippen LogP contribution in [0.5, 0.6) is 0 Å². The Hall–Kier alpha value is -2.08. The van der Waals surface area contributed by atoms with E-state index in [1.807, 2.05) is 49.1 Å². The quantitative estimate of drug-likeness (QED) is 0.756. The van der Waals surface area contributed by atoms with E-state index in [9.17, 15) is 9.59 Å². The van der Waals surface area contributed by atoms with Crippen LogP contribution in [0.15, 0.2) is 30.3 Å². The Morgan fingerprint density at radius 3 is 2.43 bits per heavy atom. The van der Waals surface area contributed by atoms with Crippen molar-refractivity contribution in [2.24, 2.45) is 5.92 Å². The van der Waals surface area contributed by atoms with Crippen LogP contribution in [-0.4, -0.2) is 49.1 Å². The van der Waals surface area contributed by atoms with Gasteiger partial charge in [0.15, 0.2) is 0 Å². The van der Waals surface area contributed by atoms with Gasteiger partial charge in [-0.15, -0.1) is 0 Å². The van der Waals surface area contributed by atoms with E-state index in [1.54, 1.807) is 0 Å². The molecule has 2 rings (SSSR count). The second-order valence-corrected chi connectivity index (χ2v) is 6.11. The van der Waals surface area contributed by atoms with Crippen LogP contribution in [0.2, 0.25) is 0 Å². The van der Waals surface area contributed by atoms with Crippen molar-refractivity contribution in [2.75, 3.05) is 26.2 Å². The number of amides is 3. The summed E-state index contributed by atoms with van der Waals surface area (Å²) in [7, 11) is 0. The number of piperazine rings is 1. The summed E-state index contributed by atoms with van der Waals surface area (Å²) >= 11 is 0. The van der Waals surface area contributed by atoms with E-state index in [4.69, 9.17) is 0 Å². The van der Waals surface area contributed by atoms with Gasteiger partial charge in [0.1, 0.15) is 6.04 Å². The number of hydrogen-bond donors (Lipinski definition) is 3. The fraction of sp³-hybridized carbons (Fsp3) is 0.529. The normalized spacial score (nSPS) is 16.0. The number of carbonyl (C=O) groups is 2. The Kier molecular flexibility index (Phi) is 6.40. The largest absolute Gasteiger partial charge is 0.338 e. The van der Waals surface area contributed by atoms with Gasteiger partial charge in [-0.05, 0) is 11.5 Å². The lowest BCUT2D eigenvalue weighted by atomic mass is 10.0. The lowest BCUT2D eigenvalue weighted by molar-refractivity contribution is -0.134. The first-order valence-electron chi connectivity index (χ1n) is 8.15. The average Bonchev–Trinajstić information content (AvgIpc) is 2.58. The molecule has 23 heavy (non-hydrogen) atoms. The van der Waals surface area contributed by atoms with Crippen molar-refractivity contribution < 1.29 is 9.59 Å². The van der Waals surface area contributed by atoms with E-state index in [1.165, 1.54) is 0 Å². The van der Waals surface area contributed by atoms with Gasteiger partial charge in [-0.25, -0.2) is 4.79 Å². The second-order valence-electron chi connectivity index (χ2n) is 6.11. The molecule has 1 unspecified atom stereocenters. The zero-order valence-corrected chi connectivity index (χ0v) is 13.8. The molecule has 1 heterocycles. The molecule has 126 valence electrons. The van der Waals surface area contributed by atoms with Crippen LogP contribution in [0, 0.1) is 5.92 Å². The van der Waals surface area contributed by atoms with Crippen molar-refractivity contribution >= 4 is 11.9 Å². The topological polar surface area (TPSA) is 73.5 Å². The Bertz CT molecular complexity index is 513. The summed E-state index contributed by atoms with van der Waals surface area (Å²) in [6, 6.07) is 8.89. The predicted molar refractivity (Wildman–Crippen MR) is 89.9 cm³/mol. The van der Waals surface area contributed by atoms with Crippen LogP contribution >= 0.6 is 0 Å². The summed E-state index contributed by atoms with van der Waals surface area (Å²) < 4.78 is 0. The number of carbonyl (C=O) groups excluding carboxylic acids is 2. The van der Waals surface area contributed by atoms with E-state index in [0.717, 1.165) is 18.7 Å². The van der Waals surface area contributed by atoms with Gasteiger partial charge in [-0.3, -0.25) is 4.79 Å². The van der Waals surface area contributed by atoms with Crippen molar-refractivity contribution in [2.45, 2.75) is 26.4 Å². The number of urea groups is 1. The molecule has 1 aromatic carbocycles. The highest BCUT2D eigenvalue weighted by molar-refractivity contribution is 5.87. The van der Waals surface area contributed by atoms with Crippen molar-refractivity contribution in [1.29, 1.82) is 0 Å². The van der Waals surface area contributed by atoms with Gasteiger partial charge in [0.25, 0.3) is 0 Å². The number of nitrogens with zero attached hydrogens (tertiary/aromatic N) is 1. The zero-order valence-electron chi connectivity index (χ0n) is 13.8. The molecule has 6 heteroatoms. The van der Waals surface area contributed by atoms with E-state index in [-0.39, 0.29) is 17.9 Å². The smallest absolute Gasteiger partial charge is 0.315 e. The Morgan fingerprint density at radius 1 is 1.17 bits per heavy atom. The second kappa shape index (κ2) is 8.53. The highest BCUT2D eigenvalue weighted by Crippen LogP contribution is 2.07. The number of benzene rings is 1. The molecule has 0 aliphatic carbocycles. The van der Waals surface area contributed by atoms with E-state index in [0.29, 0.717) is 19.6 Å². The van der Waals surface area contributed by atoms with Crippen LogP contribution < -0.4 is 16.0 Å². The molecule has 1 aromatic rings. The monoisotopic (exact) mass is 318 g/mol. The van der Waals surface area contributed by atoms with Gasteiger partial charge < -0.3 is 20.9 Å². The summed E-state index contributed by atoms with van der Waals surface area (Å²) in [6.45, 7) is 7.32. The zero-order chi connectivity index (χ0) is 16.7. The number of hydrogen-bond acceptors (Lipinski definition) is 3. The van der Waals surface area contributed by atoms with Crippen LogP contribution in [0.4, 0.5) is 4.79 Å². The number of rotatable bonds is 5. The summed E-state index contributed by atoms with van der Waals surface area (Å²) in [4.78, 5) is 26.5. The summed E-state index contributed by atoms with van der Waals surface area (Å²) in [5, 5.41) is 8.85. The van der Waals surface area contributed by atoms with Gasteiger partial charge in [-0.2, -0.15) is 0 Å². The molecule has 1 atom stereocenters. The van der Waals surface area contributed by atoms with Crippen molar-refractivity contribution in [1.82, 2.24) is 20.9 Å². The molecule has 1 aliphatic rings. The highest BCUT2D eigenvalue weighted by Gasteiger charge is 2.29. The fourth-order valence-electron chi connectivity index (χ4n) is 2.57. The summed E-state index contributed by atoms with van der Waals surface area (Å²) in [5.74, 6) is 0.0382. The molecule has 0 radical (unpaired) electrons. The van der Waals surface area contributed by atoms with Gasteiger partial charge in [-0.1, -0.05) is 44.2 Å². The summed E-state index contributed by atoms with van der Waals surface area (Å²) in [5.41, 5.74) is 1.03. The third-order valence-electron chi connectivity index (χ3n) is 3.94. The van der Waals surface area contributed by atoms with Crippen molar-refractivity contribution in [3.8, 4) is 0 Å². The van der Waals surface area contributed by atoms with Gasteiger partial charge in [0.05, 0.1) is 0 Å². The van der Waals surface area contributed by atoms with E-state index in [2.05, 4.69) is 16.0 Å². The van der Waals surface area contributed by atoms with Gasteiger partial charge in [0, 0.05) is 32.7 Å². The highest BCUT2D eigenvalue weighted by atomic mass is 16.2. The van der Waals surface area contributed by atoms with Crippen LogP contribution in [-0.2, 0) is 11.3 Å². The molecule has 3 N–H and O–H groups in total. The lowest BCUT2D eigenvalue weighted by Crippen LogP contribution is -2.57. The van der Waals surface area contributed by atoms with Crippen LogP contribution in [0.3, 0.4) is 0 Å². The first kappa shape index (κ1) is 17.3. The van der Waals surface area contributed by atoms with Gasteiger partial charge >= 0.3 is 6.03 Å². The molecule has 1 saturated heterocycles. The number of nitrogens with one attached hydrogen (secondary N) is 3.